The number of thiophene rings is 1. The van der Waals surface area contributed by atoms with Crippen LogP contribution in [0.25, 0.3) is 10.2 Å². The van der Waals surface area contributed by atoms with Gasteiger partial charge in [0, 0.05) is 13.7 Å². The van der Waals surface area contributed by atoms with Crippen molar-refractivity contribution in [3.63, 3.8) is 0 Å². The van der Waals surface area contributed by atoms with Crippen LogP contribution in [0.15, 0.2) is 9.59 Å². The fourth-order valence-corrected chi connectivity index (χ4v) is 3.93. The third-order valence-corrected chi connectivity index (χ3v) is 5.84. The predicted molar refractivity (Wildman–Crippen MR) is 89.7 cm³/mol. The van der Waals surface area contributed by atoms with E-state index >= 15 is 0 Å². The van der Waals surface area contributed by atoms with Gasteiger partial charge in [0.2, 0.25) is 0 Å². The lowest BCUT2D eigenvalue weighted by molar-refractivity contribution is 0.112. The van der Waals surface area contributed by atoms with Crippen molar-refractivity contribution in [1.29, 1.82) is 0 Å². The Morgan fingerprint density at radius 3 is 2.57 bits per heavy atom. The van der Waals surface area contributed by atoms with Crippen LogP contribution in [0.4, 0.5) is 0 Å². The topological polar surface area (TPSA) is 70.3 Å². The van der Waals surface area contributed by atoms with E-state index in [1.165, 1.54) is 15.9 Å². The molecule has 0 saturated heterocycles. The molecule has 0 aliphatic heterocycles. The van der Waals surface area contributed by atoms with E-state index in [1.807, 2.05) is 0 Å². The number of ether oxygens (including phenoxy) is 1. The van der Waals surface area contributed by atoms with E-state index in [0.717, 1.165) is 19.1 Å². The molecule has 1 aliphatic rings. The first kappa shape index (κ1) is 16.1. The zero-order chi connectivity index (χ0) is 16.8. The first-order valence-electron chi connectivity index (χ1n) is 7.63. The van der Waals surface area contributed by atoms with Gasteiger partial charge in [0.1, 0.15) is 4.83 Å². The predicted octanol–water partition coefficient (Wildman–Crippen LogP) is 1.79. The number of fused-ring (bicyclic) bond motifs is 1. The molecule has 0 spiro atoms. The van der Waals surface area contributed by atoms with E-state index in [0.29, 0.717) is 40.4 Å². The fourth-order valence-electron chi connectivity index (χ4n) is 2.80. The molecule has 23 heavy (non-hydrogen) atoms. The second kappa shape index (κ2) is 5.72. The average Bonchev–Trinajstić information content (AvgIpc) is 3.16. The van der Waals surface area contributed by atoms with Crippen LogP contribution in [0.1, 0.15) is 35.0 Å². The quantitative estimate of drug-likeness (QED) is 0.754. The fraction of sp³-hybridized carbons (Fsp3) is 0.562. The Morgan fingerprint density at radius 1 is 1.30 bits per heavy atom. The molecule has 2 aromatic rings. The molecule has 2 heterocycles. The number of carbonyl (C=O) groups is 1. The second-order valence-electron chi connectivity index (χ2n) is 6.52. The zero-order valence-corrected chi connectivity index (χ0v) is 14.4. The Hall–Kier alpha value is -1.73. The highest BCUT2D eigenvalue weighted by atomic mass is 32.1. The molecular weight excluding hydrogens is 316 g/mol. The van der Waals surface area contributed by atoms with Gasteiger partial charge in [-0.3, -0.25) is 18.7 Å². The summed E-state index contributed by atoms with van der Waals surface area (Å²) >= 11 is 1.20. The van der Waals surface area contributed by atoms with E-state index < -0.39 is 0 Å². The van der Waals surface area contributed by atoms with E-state index in [9.17, 15) is 14.4 Å². The number of aldehydes is 1. The molecule has 3 rings (SSSR count). The maximum atomic E-state index is 12.8. The number of hydrogen-bond donors (Lipinski definition) is 0. The molecular formula is C16H20N2O4S. The number of aromatic nitrogens is 2. The van der Waals surface area contributed by atoms with E-state index in [2.05, 4.69) is 6.92 Å². The molecule has 124 valence electrons. The van der Waals surface area contributed by atoms with Gasteiger partial charge < -0.3 is 4.74 Å². The minimum Gasteiger partial charge on any atom is -0.383 e. The number of rotatable bonds is 6. The summed E-state index contributed by atoms with van der Waals surface area (Å²) in [6, 6.07) is 0. The molecule has 1 saturated carbocycles. The second-order valence-corrected chi connectivity index (χ2v) is 7.55. The zero-order valence-electron chi connectivity index (χ0n) is 13.5. The standard InChI is InChI=1S/C16H20N2O4S/c1-10-11(8-19)23-14-12(10)13(20)18(9-16(2)4-5-16)15(21)17(14)6-7-22-3/h8H,4-7,9H2,1-3H3. The third-order valence-electron chi connectivity index (χ3n) is 4.60. The van der Waals surface area contributed by atoms with Crippen molar-refractivity contribution in [3.8, 4) is 0 Å². The highest BCUT2D eigenvalue weighted by Crippen LogP contribution is 2.45. The van der Waals surface area contributed by atoms with Crippen LogP contribution in [0, 0.1) is 12.3 Å². The Bertz CT molecular complexity index is 886. The molecule has 1 aliphatic carbocycles. The summed E-state index contributed by atoms with van der Waals surface area (Å²) < 4.78 is 7.98. The van der Waals surface area contributed by atoms with Crippen LogP contribution < -0.4 is 11.2 Å². The SMILES string of the molecule is COCCn1c(=O)n(CC2(C)CC2)c(=O)c2c(C)c(C=O)sc21. The lowest BCUT2D eigenvalue weighted by atomic mass is 10.1. The van der Waals surface area contributed by atoms with Crippen molar-refractivity contribution in [2.24, 2.45) is 5.41 Å². The van der Waals surface area contributed by atoms with Gasteiger partial charge in [0.15, 0.2) is 6.29 Å². The number of carbonyl (C=O) groups excluding carboxylic acids is 1. The van der Waals surface area contributed by atoms with Gasteiger partial charge in [-0.2, -0.15) is 0 Å². The van der Waals surface area contributed by atoms with Crippen LogP contribution in [0.3, 0.4) is 0 Å². The minimum atomic E-state index is -0.314. The maximum absolute atomic E-state index is 12.8. The molecule has 0 atom stereocenters. The number of aryl methyl sites for hydroxylation is 1. The Balaban J connectivity index is 2.30. The summed E-state index contributed by atoms with van der Waals surface area (Å²) in [6.45, 7) is 5.01. The lowest BCUT2D eigenvalue weighted by Crippen LogP contribution is -2.41. The molecule has 0 unspecified atom stereocenters. The van der Waals surface area contributed by atoms with E-state index in [4.69, 9.17) is 4.74 Å². The monoisotopic (exact) mass is 336 g/mol. The van der Waals surface area contributed by atoms with E-state index in [1.54, 1.807) is 18.6 Å². The Morgan fingerprint density at radius 2 is 2.00 bits per heavy atom. The van der Waals surface area contributed by atoms with Gasteiger partial charge in [0.05, 0.1) is 23.4 Å². The van der Waals surface area contributed by atoms with Crippen LogP contribution in [0.5, 0.6) is 0 Å². The molecule has 1 fully saturated rings. The summed E-state index contributed by atoms with van der Waals surface area (Å²) in [5.74, 6) is 0. The van der Waals surface area contributed by atoms with E-state index in [-0.39, 0.29) is 16.7 Å². The van der Waals surface area contributed by atoms with Crippen LogP contribution >= 0.6 is 11.3 Å². The van der Waals surface area contributed by atoms with Crippen molar-refractivity contribution in [1.82, 2.24) is 9.13 Å². The van der Waals surface area contributed by atoms with Crippen molar-refractivity contribution < 1.29 is 9.53 Å². The smallest absolute Gasteiger partial charge is 0.332 e. The third kappa shape index (κ3) is 2.68. The largest absolute Gasteiger partial charge is 0.383 e. The summed E-state index contributed by atoms with van der Waals surface area (Å²) in [6.07, 6.45) is 2.80. The summed E-state index contributed by atoms with van der Waals surface area (Å²) in [4.78, 5) is 37.9. The molecule has 0 aromatic carbocycles. The van der Waals surface area contributed by atoms with Crippen molar-refractivity contribution in [3.05, 3.63) is 31.3 Å². The summed E-state index contributed by atoms with van der Waals surface area (Å²) in [5.41, 5.74) is 0.0959. The molecule has 0 radical (unpaired) electrons. The van der Waals surface area contributed by atoms with Gasteiger partial charge in [-0.1, -0.05) is 6.92 Å². The maximum Gasteiger partial charge on any atom is 0.332 e. The van der Waals surface area contributed by atoms with Crippen molar-refractivity contribution >= 4 is 27.8 Å². The molecule has 7 heteroatoms. The summed E-state index contributed by atoms with van der Waals surface area (Å²) in [5, 5.41) is 0.483. The average molecular weight is 336 g/mol. The number of hydrogen-bond acceptors (Lipinski definition) is 5. The van der Waals surface area contributed by atoms with Crippen LogP contribution in [-0.4, -0.2) is 29.1 Å². The van der Waals surface area contributed by atoms with Crippen LogP contribution in [0.2, 0.25) is 0 Å². The minimum absolute atomic E-state index is 0.0349. The molecule has 0 N–H and O–H groups in total. The van der Waals surface area contributed by atoms with Crippen molar-refractivity contribution in [2.45, 2.75) is 39.8 Å². The highest BCUT2D eigenvalue weighted by Gasteiger charge is 2.38. The molecule has 0 bridgehead atoms. The molecule has 6 nitrogen and oxygen atoms in total. The first-order chi connectivity index (χ1) is 10.9. The van der Waals surface area contributed by atoms with Gasteiger partial charge in [0.25, 0.3) is 5.56 Å². The highest BCUT2D eigenvalue weighted by molar-refractivity contribution is 7.20. The summed E-state index contributed by atoms with van der Waals surface area (Å²) in [7, 11) is 1.57. The Kier molecular flexibility index (Phi) is 4.01. The molecule has 0 amide bonds. The van der Waals surface area contributed by atoms with Crippen LogP contribution in [-0.2, 0) is 17.8 Å². The van der Waals surface area contributed by atoms with Crippen molar-refractivity contribution in [2.75, 3.05) is 13.7 Å². The number of methoxy groups -OCH3 is 1. The van der Waals surface area contributed by atoms with Gasteiger partial charge in [-0.25, -0.2) is 4.79 Å². The van der Waals surface area contributed by atoms with Gasteiger partial charge in [-0.05, 0) is 30.7 Å². The van der Waals surface area contributed by atoms with Gasteiger partial charge in [-0.15, -0.1) is 11.3 Å². The number of nitrogens with zero attached hydrogens (tertiary/aromatic N) is 2. The normalized spacial score (nSPS) is 16.0. The molecule has 2 aromatic heterocycles. The first-order valence-corrected chi connectivity index (χ1v) is 8.44. The lowest BCUT2D eigenvalue weighted by Gasteiger charge is -2.14. The van der Waals surface area contributed by atoms with Gasteiger partial charge >= 0.3 is 5.69 Å². The Labute approximate surface area is 137 Å².